The van der Waals surface area contributed by atoms with Gasteiger partial charge >= 0.3 is 6.18 Å². The number of halogens is 4. The summed E-state index contributed by atoms with van der Waals surface area (Å²) < 4.78 is 40.5. The molecule has 2 rings (SSSR count). The minimum atomic E-state index is -4.58. The van der Waals surface area contributed by atoms with Crippen molar-refractivity contribution in [2.45, 2.75) is 26.4 Å². The molecular formula is C14H16BrF3N2O. The predicted octanol–water partition coefficient (Wildman–Crippen LogP) is 3.55. The van der Waals surface area contributed by atoms with Crippen LogP contribution in [0.15, 0.2) is 16.6 Å². The van der Waals surface area contributed by atoms with Gasteiger partial charge < -0.3 is 10.6 Å². The number of aryl methyl sites for hydroxylation is 2. The molecule has 0 saturated carbocycles. The van der Waals surface area contributed by atoms with Crippen LogP contribution in [0.5, 0.6) is 0 Å². The van der Waals surface area contributed by atoms with Crippen molar-refractivity contribution in [1.82, 2.24) is 5.32 Å². The highest BCUT2D eigenvalue weighted by Crippen LogP contribution is 2.44. The summed E-state index contributed by atoms with van der Waals surface area (Å²) in [5.41, 5.74) is -0.283. The fourth-order valence-electron chi connectivity index (χ4n) is 2.56. The van der Waals surface area contributed by atoms with E-state index in [1.54, 1.807) is 13.0 Å². The molecule has 1 saturated heterocycles. The van der Waals surface area contributed by atoms with Crippen molar-refractivity contribution < 1.29 is 18.0 Å². The molecule has 1 heterocycles. The van der Waals surface area contributed by atoms with Gasteiger partial charge in [0.25, 0.3) is 0 Å². The molecule has 1 aliphatic heterocycles. The molecule has 0 bridgehead atoms. The quantitative estimate of drug-likeness (QED) is 0.842. The van der Waals surface area contributed by atoms with Gasteiger partial charge in [0.15, 0.2) is 5.41 Å². The second-order valence-electron chi connectivity index (χ2n) is 5.40. The van der Waals surface area contributed by atoms with Gasteiger partial charge in [-0.25, -0.2) is 0 Å². The molecule has 1 unspecified atom stereocenters. The molecule has 0 aliphatic carbocycles. The number of benzene rings is 1. The number of nitrogens with one attached hydrogen (secondary N) is 2. The monoisotopic (exact) mass is 364 g/mol. The zero-order valence-electron chi connectivity index (χ0n) is 11.7. The second-order valence-corrected chi connectivity index (χ2v) is 6.25. The van der Waals surface area contributed by atoms with Crippen LogP contribution in [0, 0.1) is 19.3 Å². The van der Waals surface area contributed by atoms with Crippen LogP contribution in [-0.2, 0) is 4.79 Å². The Bertz CT molecular complexity index is 543. The smallest absolute Gasteiger partial charge is 0.324 e. The first-order chi connectivity index (χ1) is 9.67. The summed E-state index contributed by atoms with van der Waals surface area (Å²) in [4.78, 5) is 12.3. The molecule has 1 atom stereocenters. The largest absolute Gasteiger partial charge is 0.404 e. The molecule has 1 amide bonds. The van der Waals surface area contributed by atoms with Crippen molar-refractivity contribution in [3.63, 3.8) is 0 Å². The van der Waals surface area contributed by atoms with Gasteiger partial charge in [-0.1, -0.05) is 6.07 Å². The molecule has 1 aromatic rings. The Morgan fingerprint density at radius 3 is 2.52 bits per heavy atom. The molecule has 7 heteroatoms. The Hall–Kier alpha value is -1.08. The van der Waals surface area contributed by atoms with Crippen molar-refractivity contribution in [2.24, 2.45) is 5.41 Å². The third-order valence-corrected chi connectivity index (χ3v) is 4.43. The van der Waals surface area contributed by atoms with Crippen LogP contribution in [-0.4, -0.2) is 25.2 Å². The van der Waals surface area contributed by atoms with Gasteiger partial charge in [-0.2, -0.15) is 13.2 Å². The lowest BCUT2D eigenvalue weighted by Gasteiger charge is -2.29. The Morgan fingerprint density at radius 1 is 1.38 bits per heavy atom. The van der Waals surface area contributed by atoms with E-state index in [2.05, 4.69) is 26.6 Å². The highest BCUT2D eigenvalue weighted by Gasteiger charge is 2.61. The van der Waals surface area contributed by atoms with Crippen LogP contribution in [0.3, 0.4) is 0 Å². The van der Waals surface area contributed by atoms with Gasteiger partial charge in [-0.05, 0) is 59.9 Å². The number of carbonyl (C=O) groups is 1. The SMILES string of the molecule is Cc1cc(C)c(NC(=O)C2(C(F)(F)F)CCNC2)c(Br)c1. The maximum Gasteiger partial charge on any atom is 0.404 e. The van der Waals surface area contributed by atoms with Crippen molar-refractivity contribution in [3.8, 4) is 0 Å². The average molecular weight is 365 g/mol. The second kappa shape index (κ2) is 5.61. The maximum atomic E-state index is 13.3. The summed E-state index contributed by atoms with van der Waals surface area (Å²) in [6.07, 6.45) is -4.82. The zero-order valence-corrected chi connectivity index (χ0v) is 13.3. The van der Waals surface area contributed by atoms with Crippen molar-refractivity contribution in [2.75, 3.05) is 18.4 Å². The molecule has 116 valence electrons. The van der Waals surface area contributed by atoms with Crippen LogP contribution >= 0.6 is 15.9 Å². The lowest BCUT2D eigenvalue weighted by molar-refractivity contribution is -0.213. The molecule has 0 radical (unpaired) electrons. The van der Waals surface area contributed by atoms with E-state index in [4.69, 9.17) is 0 Å². The summed E-state index contributed by atoms with van der Waals surface area (Å²) in [5, 5.41) is 5.08. The molecule has 2 N–H and O–H groups in total. The first-order valence-corrected chi connectivity index (χ1v) is 7.32. The molecule has 1 fully saturated rings. The first-order valence-electron chi connectivity index (χ1n) is 6.53. The maximum absolute atomic E-state index is 13.3. The summed E-state index contributed by atoms with van der Waals surface area (Å²) in [6, 6.07) is 3.57. The number of anilines is 1. The van der Waals surface area contributed by atoms with Crippen LogP contribution < -0.4 is 10.6 Å². The van der Waals surface area contributed by atoms with E-state index < -0.39 is 17.5 Å². The number of carbonyl (C=O) groups excluding carboxylic acids is 1. The van der Waals surface area contributed by atoms with E-state index in [-0.39, 0.29) is 19.5 Å². The average Bonchev–Trinajstić information content (AvgIpc) is 2.83. The Kier molecular flexibility index (Phi) is 4.35. The van der Waals surface area contributed by atoms with E-state index in [0.717, 1.165) is 11.1 Å². The van der Waals surface area contributed by atoms with Gasteiger partial charge in [-0.3, -0.25) is 4.79 Å². The topological polar surface area (TPSA) is 41.1 Å². The number of amides is 1. The standard InChI is InChI=1S/C14H16BrF3N2O/c1-8-5-9(2)11(10(15)6-8)20-12(21)13(14(16,17)18)3-4-19-7-13/h5-6,19H,3-4,7H2,1-2H3,(H,20,21). The van der Waals surface area contributed by atoms with E-state index >= 15 is 0 Å². The first kappa shape index (κ1) is 16.3. The highest BCUT2D eigenvalue weighted by atomic mass is 79.9. The van der Waals surface area contributed by atoms with Gasteiger partial charge in [0.2, 0.25) is 5.91 Å². The third kappa shape index (κ3) is 2.94. The molecule has 1 aliphatic rings. The number of rotatable bonds is 2. The minimum Gasteiger partial charge on any atom is -0.324 e. The van der Waals surface area contributed by atoms with E-state index in [1.807, 2.05) is 13.0 Å². The van der Waals surface area contributed by atoms with Crippen molar-refractivity contribution in [3.05, 3.63) is 27.7 Å². The van der Waals surface area contributed by atoms with Gasteiger partial charge in [0, 0.05) is 11.0 Å². The lowest BCUT2D eigenvalue weighted by Crippen LogP contribution is -2.49. The summed E-state index contributed by atoms with van der Waals surface area (Å²) >= 11 is 3.29. The number of alkyl halides is 3. The Labute approximate surface area is 129 Å². The fraction of sp³-hybridized carbons (Fsp3) is 0.500. The minimum absolute atomic E-state index is 0.182. The van der Waals surface area contributed by atoms with Crippen LogP contribution in [0.25, 0.3) is 0 Å². The van der Waals surface area contributed by atoms with Gasteiger partial charge in [0.05, 0.1) is 5.69 Å². The van der Waals surface area contributed by atoms with Crippen LogP contribution in [0.1, 0.15) is 17.5 Å². The van der Waals surface area contributed by atoms with E-state index in [1.165, 1.54) is 0 Å². The van der Waals surface area contributed by atoms with Crippen LogP contribution in [0.4, 0.5) is 18.9 Å². The molecular weight excluding hydrogens is 349 g/mol. The zero-order chi connectivity index (χ0) is 15.8. The predicted molar refractivity (Wildman–Crippen MR) is 78.2 cm³/mol. The van der Waals surface area contributed by atoms with Crippen LogP contribution in [0.2, 0.25) is 0 Å². The van der Waals surface area contributed by atoms with E-state index in [9.17, 15) is 18.0 Å². The Balaban J connectivity index is 2.33. The molecule has 3 nitrogen and oxygen atoms in total. The number of hydrogen-bond acceptors (Lipinski definition) is 2. The molecule has 0 spiro atoms. The summed E-state index contributed by atoms with van der Waals surface area (Å²) in [6.45, 7) is 3.42. The van der Waals surface area contributed by atoms with Gasteiger partial charge in [0.1, 0.15) is 0 Å². The third-order valence-electron chi connectivity index (χ3n) is 3.80. The van der Waals surface area contributed by atoms with Crippen molar-refractivity contribution >= 4 is 27.5 Å². The molecule has 1 aromatic carbocycles. The lowest BCUT2D eigenvalue weighted by atomic mass is 9.85. The fourth-order valence-corrected chi connectivity index (χ4v) is 3.34. The molecule has 0 aromatic heterocycles. The normalized spacial score (nSPS) is 22.4. The van der Waals surface area contributed by atoms with Gasteiger partial charge in [-0.15, -0.1) is 0 Å². The molecule has 21 heavy (non-hydrogen) atoms. The number of hydrogen-bond donors (Lipinski definition) is 2. The summed E-state index contributed by atoms with van der Waals surface area (Å²) in [7, 11) is 0. The Morgan fingerprint density at radius 2 is 2.05 bits per heavy atom. The van der Waals surface area contributed by atoms with E-state index in [0.29, 0.717) is 10.2 Å². The summed E-state index contributed by atoms with van der Waals surface area (Å²) in [5.74, 6) is -1.01. The van der Waals surface area contributed by atoms with Crippen molar-refractivity contribution in [1.29, 1.82) is 0 Å². The highest BCUT2D eigenvalue weighted by molar-refractivity contribution is 9.10.